The molecule has 5 rings (SSSR count). The Balaban J connectivity index is 1.88. The van der Waals surface area contributed by atoms with Crippen LogP contribution in [0.1, 0.15) is 0 Å². The van der Waals surface area contributed by atoms with Gasteiger partial charge in [0.15, 0.2) is 11.2 Å². The SMILES string of the molecule is O=c1c2nnn(-c3ccccc3)c2nc(S(=O)(=O)c2ccccc2)n1-c1ccc(Cl)cc1. The average Bonchev–Trinajstić information content (AvgIpc) is 3.25. The molecule has 5 aromatic rings. The molecule has 2 aromatic heterocycles. The number of hydrogen-bond donors (Lipinski definition) is 0. The summed E-state index contributed by atoms with van der Waals surface area (Å²) in [7, 11) is -4.17. The predicted octanol–water partition coefficient (Wildman–Crippen LogP) is 3.45. The summed E-state index contributed by atoms with van der Waals surface area (Å²) in [6.07, 6.45) is 0. The van der Waals surface area contributed by atoms with Crippen molar-refractivity contribution in [1.29, 1.82) is 0 Å². The zero-order valence-corrected chi connectivity index (χ0v) is 17.9. The average molecular weight is 464 g/mol. The van der Waals surface area contributed by atoms with E-state index < -0.39 is 20.6 Å². The molecule has 8 nitrogen and oxygen atoms in total. The molecular formula is C22H14ClN5O3S. The Kier molecular flexibility index (Phi) is 4.84. The number of nitrogens with zero attached hydrogens (tertiary/aromatic N) is 5. The first-order valence-corrected chi connectivity index (χ1v) is 11.3. The van der Waals surface area contributed by atoms with E-state index in [4.69, 9.17) is 11.6 Å². The van der Waals surface area contributed by atoms with E-state index in [0.717, 1.165) is 4.57 Å². The van der Waals surface area contributed by atoms with Gasteiger partial charge in [-0.1, -0.05) is 53.2 Å². The van der Waals surface area contributed by atoms with Gasteiger partial charge in [-0.3, -0.25) is 4.79 Å². The van der Waals surface area contributed by atoms with E-state index >= 15 is 0 Å². The number of hydrogen-bond acceptors (Lipinski definition) is 6. The van der Waals surface area contributed by atoms with E-state index in [1.165, 1.54) is 16.8 Å². The van der Waals surface area contributed by atoms with Crippen LogP contribution >= 0.6 is 11.6 Å². The van der Waals surface area contributed by atoms with E-state index in [9.17, 15) is 13.2 Å². The molecule has 0 unspecified atom stereocenters. The molecule has 0 radical (unpaired) electrons. The highest BCUT2D eigenvalue weighted by Gasteiger charge is 2.28. The van der Waals surface area contributed by atoms with Gasteiger partial charge < -0.3 is 0 Å². The van der Waals surface area contributed by atoms with Gasteiger partial charge in [0.1, 0.15) is 0 Å². The summed E-state index contributed by atoms with van der Waals surface area (Å²) in [5.74, 6) is 0. The third-order valence-corrected chi connectivity index (χ3v) is 6.72. The molecule has 32 heavy (non-hydrogen) atoms. The fraction of sp³-hybridized carbons (Fsp3) is 0. The number of fused-ring (bicyclic) bond motifs is 1. The Hall–Kier alpha value is -3.82. The maximum Gasteiger partial charge on any atom is 0.289 e. The lowest BCUT2D eigenvalue weighted by atomic mass is 10.3. The molecule has 0 fully saturated rings. The van der Waals surface area contributed by atoms with E-state index in [1.54, 1.807) is 66.7 Å². The van der Waals surface area contributed by atoms with Crippen LogP contribution in [0.2, 0.25) is 5.02 Å². The molecule has 0 saturated heterocycles. The molecule has 158 valence electrons. The highest BCUT2D eigenvalue weighted by atomic mass is 35.5. The van der Waals surface area contributed by atoms with Gasteiger partial charge in [-0.05, 0) is 48.5 Å². The van der Waals surface area contributed by atoms with Crippen molar-refractivity contribution < 1.29 is 8.42 Å². The zero-order chi connectivity index (χ0) is 22.3. The summed E-state index contributed by atoms with van der Waals surface area (Å²) < 4.78 is 29.5. The van der Waals surface area contributed by atoms with Crippen LogP contribution in [-0.2, 0) is 9.84 Å². The second-order valence-electron chi connectivity index (χ2n) is 6.84. The van der Waals surface area contributed by atoms with Crippen molar-refractivity contribution in [2.75, 3.05) is 0 Å². The minimum absolute atomic E-state index is 0.00713. The predicted molar refractivity (Wildman–Crippen MR) is 119 cm³/mol. The summed E-state index contributed by atoms with van der Waals surface area (Å²) in [5, 5.41) is 8.04. The fourth-order valence-corrected chi connectivity index (χ4v) is 4.78. The van der Waals surface area contributed by atoms with Gasteiger partial charge in [0.25, 0.3) is 5.56 Å². The van der Waals surface area contributed by atoms with Crippen LogP contribution in [0, 0.1) is 0 Å². The van der Waals surface area contributed by atoms with Crippen molar-refractivity contribution in [3.8, 4) is 11.4 Å². The van der Waals surface area contributed by atoms with Crippen LogP contribution in [-0.4, -0.2) is 33.0 Å². The van der Waals surface area contributed by atoms with Gasteiger partial charge in [0.05, 0.1) is 16.3 Å². The molecule has 0 aliphatic carbocycles. The van der Waals surface area contributed by atoms with Crippen LogP contribution in [0.5, 0.6) is 0 Å². The summed E-state index contributed by atoms with van der Waals surface area (Å²) in [5.41, 5.74) is 0.206. The topological polar surface area (TPSA) is 99.7 Å². The smallest absolute Gasteiger partial charge is 0.266 e. The molecule has 0 amide bonds. The number of benzene rings is 3. The maximum atomic E-state index is 13.6. The summed E-state index contributed by atoms with van der Waals surface area (Å²) >= 11 is 5.98. The first-order chi connectivity index (χ1) is 15.5. The lowest BCUT2D eigenvalue weighted by Crippen LogP contribution is -2.26. The van der Waals surface area contributed by atoms with Crippen molar-refractivity contribution in [2.24, 2.45) is 0 Å². The Morgan fingerprint density at radius 1 is 0.781 bits per heavy atom. The highest BCUT2D eigenvalue weighted by Crippen LogP contribution is 2.24. The summed E-state index contributed by atoms with van der Waals surface area (Å²) in [4.78, 5) is 17.9. The van der Waals surface area contributed by atoms with Crippen LogP contribution in [0.15, 0.2) is 99.8 Å². The largest absolute Gasteiger partial charge is 0.289 e. The summed E-state index contributed by atoms with van der Waals surface area (Å²) in [6, 6.07) is 22.9. The molecule has 0 spiro atoms. The lowest BCUT2D eigenvalue weighted by Gasteiger charge is -2.13. The molecule has 0 atom stereocenters. The molecule has 0 N–H and O–H groups in total. The van der Waals surface area contributed by atoms with E-state index in [0.29, 0.717) is 10.7 Å². The number of sulfone groups is 1. The number of halogens is 1. The van der Waals surface area contributed by atoms with Crippen LogP contribution in [0.25, 0.3) is 22.5 Å². The van der Waals surface area contributed by atoms with Gasteiger partial charge in [-0.15, -0.1) is 5.10 Å². The molecule has 0 bridgehead atoms. The van der Waals surface area contributed by atoms with Gasteiger partial charge in [0.2, 0.25) is 15.0 Å². The van der Waals surface area contributed by atoms with Crippen molar-refractivity contribution in [1.82, 2.24) is 24.5 Å². The molecule has 10 heteroatoms. The molecule has 2 heterocycles. The summed E-state index contributed by atoms with van der Waals surface area (Å²) in [6.45, 7) is 0. The van der Waals surface area contributed by atoms with Crippen molar-refractivity contribution in [3.63, 3.8) is 0 Å². The zero-order valence-electron chi connectivity index (χ0n) is 16.3. The molecular weight excluding hydrogens is 450 g/mol. The first kappa shape index (κ1) is 20.1. The highest BCUT2D eigenvalue weighted by molar-refractivity contribution is 7.91. The van der Waals surface area contributed by atoms with Gasteiger partial charge in [0, 0.05) is 5.02 Å². The standard InChI is InChI=1S/C22H14ClN5O3S/c23-15-11-13-16(14-12-15)27-21(29)19-20(28(26-25-19)17-7-3-1-4-8-17)24-22(27)32(30,31)18-9-5-2-6-10-18/h1-14H. The molecule has 0 aliphatic heterocycles. The number of para-hydroxylation sites is 1. The van der Waals surface area contributed by atoms with Crippen molar-refractivity contribution in [2.45, 2.75) is 10.1 Å². The monoisotopic (exact) mass is 463 g/mol. The van der Waals surface area contributed by atoms with Crippen molar-refractivity contribution in [3.05, 3.63) is 100 Å². The Bertz CT molecular complexity index is 1600. The Morgan fingerprint density at radius 2 is 1.41 bits per heavy atom. The fourth-order valence-electron chi connectivity index (χ4n) is 3.30. The number of rotatable bonds is 4. The van der Waals surface area contributed by atoms with E-state index in [2.05, 4.69) is 15.3 Å². The Labute approximate surface area is 187 Å². The normalized spacial score (nSPS) is 11.7. The third kappa shape index (κ3) is 3.28. The van der Waals surface area contributed by atoms with Crippen LogP contribution < -0.4 is 5.56 Å². The molecule has 3 aromatic carbocycles. The Morgan fingerprint density at radius 3 is 2.06 bits per heavy atom. The van der Waals surface area contributed by atoms with Gasteiger partial charge in [-0.2, -0.15) is 9.67 Å². The first-order valence-electron chi connectivity index (χ1n) is 9.47. The van der Waals surface area contributed by atoms with E-state index in [1.807, 2.05) is 6.07 Å². The van der Waals surface area contributed by atoms with Crippen molar-refractivity contribution >= 4 is 32.6 Å². The van der Waals surface area contributed by atoms with E-state index in [-0.39, 0.29) is 21.7 Å². The quantitative estimate of drug-likeness (QED) is 0.378. The van der Waals surface area contributed by atoms with Crippen LogP contribution in [0.3, 0.4) is 0 Å². The van der Waals surface area contributed by atoms with Gasteiger partial charge >= 0.3 is 0 Å². The minimum atomic E-state index is -4.17. The molecule has 0 aliphatic rings. The minimum Gasteiger partial charge on any atom is -0.266 e. The third-order valence-electron chi connectivity index (χ3n) is 4.82. The maximum absolute atomic E-state index is 13.6. The van der Waals surface area contributed by atoms with Crippen LogP contribution in [0.4, 0.5) is 0 Å². The second-order valence-corrected chi connectivity index (χ2v) is 9.12. The molecule has 0 saturated carbocycles. The van der Waals surface area contributed by atoms with Gasteiger partial charge in [-0.25, -0.2) is 13.0 Å². The lowest BCUT2D eigenvalue weighted by molar-refractivity contribution is 0.580. The number of aromatic nitrogens is 5. The second kappa shape index (κ2) is 7.70.